The molecule has 0 aromatic carbocycles. The van der Waals surface area contributed by atoms with Crippen LogP contribution in [0.15, 0.2) is 18.5 Å². The van der Waals surface area contributed by atoms with E-state index in [2.05, 4.69) is 14.9 Å². The van der Waals surface area contributed by atoms with Gasteiger partial charge in [0.15, 0.2) is 0 Å². The van der Waals surface area contributed by atoms with Crippen molar-refractivity contribution in [3.05, 3.63) is 18.5 Å². The molecule has 0 spiro atoms. The molecule has 0 unspecified atom stereocenters. The molecule has 116 valence electrons. The first-order chi connectivity index (χ1) is 10.3. The summed E-state index contributed by atoms with van der Waals surface area (Å²) in [5.41, 5.74) is 0. The highest BCUT2D eigenvalue weighted by Gasteiger charge is 2.23. The molecule has 0 N–H and O–H groups in total. The third kappa shape index (κ3) is 4.06. The summed E-state index contributed by atoms with van der Waals surface area (Å²) in [4.78, 5) is 16.7. The summed E-state index contributed by atoms with van der Waals surface area (Å²) in [5.74, 6) is 1.03. The molecule has 0 bridgehead atoms. The third-order valence-corrected chi connectivity index (χ3v) is 4.78. The van der Waals surface area contributed by atoms with Gasteiger partial charge in [-0.15, -0.1) is 0 Å². The maximum absolute atomic E-state index is 12.3. The first-order valence-corrected chi connectivity index (χ1v) is 8.29. The van der Waals surface area contributed by atoms with Crippen LogP contribution in [-0.4, -0.2) is 58.2 Å². The van der Waals surface area contributed by atoms with Gasteiger partial charge in [-0.25, -0.2) is 0 Å². The molecule has 5 nitrogen and oxygen atoms in total. The first-order valence-electron chi connectivity index (χ1n) is 8.29. The molecule has 0 aliphatic carbocycles. The highest BCUT2D eigenvalue weighted by molar-refractivity contribution is 5.78. The topological polar surface area (TPSA) is 41.4 Å². The molecule has 2 aliphatic rings. The van der Waals surface area contributed by atoms with Crippen LogP contribution < -0.4 is 0 Å². The monoisotopic (exact) mass is 290 g/mol. The van der Waals surface area contributed by atoms with Gasteiger partial charge in [-0.1, -0.05) is 0 Å². The minimum atomic E-state index is 0.334. The van der Waals surface area contributed by atoms with Crippen molar-refractivity contribution in [3.8, 4) is 0 Å². The second-order valence-electron chi connectivity index (χ2n) is 6.39. The highest BCUT2D eigenvalue weighted by atomic mass is 16.2. The Labute approximate surface area is 126 Å². The number of carbonyl (C=O) groups is 1. The first kappa shape index (κ1) is 14.6. The Morgan fingerprint density at radius 3 is 2.52 bits per heavy atom. The average molecular weight is 290 g/mol. The molecule has 3 heterocycles. The maximum atomic E-state index is 12.3. The van der Waals surface area contributed by atoms with Crippen molar-refractivity contribution < 1.29 is 4.79 Å². The number of likely N-dealkylation sites (tertiary alicyclic amines) is 2. The summed E-state index contributed by atoms with van der Waals surface area (Å²) in [5, 5.41) is 4.28. The van der Waals surface area contributed by atoms with Gasteiger partial charge in [0.25, 0.3) is 0 Å². The van der Waals surface area contributed by atoms with Crippen LogP contribution in [0.25, 0.3) is 0 Å². The van der Waals surface area contributed by atoms with Crippen molar-refractivity contribution in [2.24, 2.45) is 5.92 Å². The summed E-state index contributed by atoms with van der Waals surface area (Å²) >= 11 is 0. The molecule has 0 radical (unpaired) electrons. The van der Waals surface area contributed by atoms with E-state index >= 15 is 0 Å². The van der Waals surface area contributed by atoms with Gasteiger partial charge in [0.05, 0.1) is 6.54 Å². The van der Waals surface area contributed by atoms with Gasteiger partial charge in [-0.2, -0.15) is 5.10 Å². The number of carbonyl (C=O) groups excluding carboxylic acids is 1. The second-order valence-corrected chi connectivity index (χ2v) is 6.39. The van der Waals surface area contributed by atoms with Gasteiger partial charge >= 0.3 is 0 Å². The van der Waals surface area contributed by atoms with Crippen molar-refractivity contribution in [1.29, 1.82) is 0 Å². The van der Waals surface area contributed by atoms with Crippen LogP contribution in [0.4, 0.5) is 0 Å². The van der Waals surface area contributed by atoms with Gasteiger partial charge in [0.1, 0.15) is 0 Å². The van der Waals surface area contributed by atoms with Crippen LogP contribution in [0, 0.1) is 5.92 Å². The van der Waals surface area contributed by atoms with Crippen LogP contribution in [0.1, 0.15) is 32.1 Å². The lowest BCUT2D eigenvalue weighted by Crippen LogP contribution is -2.45. The predicted octanol–water partition coefficient (Wildman–Crippen LogP) is 1.61. The molecule has 2 aliphatic heterocycles. The van der Waals surface area contributed by atoms with Gasteiger partial charge < -0.3 is 4.90 Å². The fraction of sp³-hybridized carbons (Fsp3) is 0.750. The molecular formula is C16H26N4O. The van der Waals surface area contributed by atoms with E-state index in [1.807, 2.05) is 23.1 Å². The van der Waals surface area contributed by atoms with E-state index in [1.165, 1.54) is 32.1 Å². The summed E-state index contributed by atoms with van der Waals surface area (Å²) in [7, 11) is 0. The number of nitrogens with zero attached hydrogens (tertiary/aromatic N) is 4. The standard InChI is InChI=1S/C16H26N4O/c21-16(19-8-2-1-3-9-19)14-18-11-5-15(6-12-18)13-20-10-4-7-17-20/h4,7,10,15H,1-3,5-6,8-9,11-14H2. The van der Waals surface area contributed by atoms with Crippen LogP contribution in [0.5, 0.6) is 0 Å². The van der Waals surface area contributed by atoms with Crippen molar-refractivity contribution in [2.75, 3.05) is 32.7 Å². The van der Waals surface area contributed by atoms with Crippen LogP contribution in [0.3, 0.4) is 0 Å². The van der Waals surface area contributed by atoms with Crippen LogP contribution in [0.2, 0.25) is 0 Å². The third-order valence-electron chi connectivity index (χ3n) is 4.78. The Kier molecular flexibility index (Phi) is 4.91. The number of rotatable bonds is 4. The molecule has 2 fully saturated rings. The molecule has 0 atom stereocenters. The molecule has 1 amide bonds. The van der Waals surface area contributed by atoms with E-state index < -0.39 is 0 Å². The van der Waals surface area contributed by atoms with Crippen molar-refractivity contribution >= 4 is 5.91 Å². The summed E-state index contributed by atoms with van der Waals surface area (Å²) < 4.78 is 2.03. The molecule has 0 saturated carbocycles. The Morgan fingerprint density at radius 1 is 1.10 bits per heavy atom. The van der Waals surface area contributed by atoms with E-state index in [0.29, 0.717) is 18.4 Å². The zero-order valence-electron chi connectivity index (χ0n) is 12.8. The molecule has 3 rings (SSSR count). The maximum Gasteiger partial charge on any atom is 0.236 e. The molecule has 1 aromatic heterocycles. The SMILES string of the molecule is O=C(CN1CCC(Cn2cccn2)CC1)N1CCCCC1. The predicted molar refractivity (Wildman–Crippen MR) is 81.8 cm³/mol. The zero-order valence-corrected chi connectivity index (χ0v) is 12.8. The van der Waals surface area contributed by atoms with E-state index in [9.17, 15) is 4.79 Å². The van der Waals surface area contributed by atoms with E-state index in [1.54, 1.807) is 0 Å². The average Bonchev–Trinajstić information content (AvgIpc) is 3.03. The number of aromatic nitrogens is 2. The quantitative estimate of drug-likeness (QED) is 0.846. The minimum Gasteiger partial charge on any atom is -0.342 e. The van der Waals surface area contributed by atoms with Gasteiger partial charge in [-0.3, -0.25) is 14.4 Å². The Bertz CT molecular complexity index is 431. The molecule has 1 aromatic rings. The lowest BCUT2D eigenvalue weighted by atomic mass is 9.97. The molecule has 5 heteroatoms. The fourth-order valence-corrected chi connectivity index (χ4v) is 3.43. The Balaban J connectivity index is 1.40. The number of amides is 1. The van der Waals surface area contributed by atoms with Gasteiger partial charge in [0.2, 0.25) is 5.91 Å². The van der Waals surface area contributed by atoms with E-state index in [0.717, 1.165) is 32.7 Å². The fourth-order valence-electron chi connectivity index (χ4n) is 3.43. The minimum absolute atomic E-state index is 0.334. The van der Waals surface area contributed by atoms with Gasteiger partial charge in [-0.05, 0) is 57.2 Å². The number of hydrogen-bond donors (Lipinski definition) is 0. The molecule has 2 saturated heterocycles. The largest absolute Gasteiger partial charge is 0.342 e. The van der Waals surface area contributed by atoms with E-state index in [4.69, 9.17) is 0 Å². The summed E-state index contributed by atoms with van der Waals surface area (Å²) in [6.45, 7) is 5.66. The Morgan fingerprint density at radius 2 is 1.86 bits per heavy atom. The van der Waals surface area contributed by atoms with E-state index in [-0.39, 0.29) is 0 Å². The Hall–Kier alpha value is -1.36. The number of hydrogen-bond acceptors (Lipinski definition) is 3. The van der Waals surface area contributed by atoms with Crippen molar-refractivity contribution in [3.63, 3.8) is 0 Å². The van der Waals surface area contributed by atoms with Crippen LogP contribution >= 0.6 is 0 Å². The van der Waals surface area contributed by atoms with Crippen LogP contribution in [-0.2, 0) is 11.3 Å². The summed E-state index contributed by atoms with van der Waals surface area (Å²) in [6.07, 6.45) is 9.86. The smallest absolute Gasteiger partial charge is 0.236 e. The summed E-state index contributed by atoms with van der Waals surface area (Å²) in [6, 6.07) is 1.98. The normalized spacial score (nSPS) is 21.6. The zero-order chi connectivity index (χ0) is 14.5. The molecular weight excluding hydrogens is 264 g/mol. The lowest BCUT2D eigenvalue weighted by molar-refractivity contribution is -0.133. The van der Waals surface area contributed by atoms with Crippen molar-refractivity contribution in [1.82, 2.24) is 19.6 Å². The lowest BCUT2D eigenvalue weighted by Gasteiger charge is -2.34. The van der Waals surface area contributed by atoms with Crippen molar-refractivity contribution in [2.45, 2.75) is 38.6 Å². The number of piperidine rings is 2. The van der Waals surface area contributed by atoms with Gasteiger partial charge in [0, 0.05) is 32.0 Å². The second kappa shape index (κ2) is 7.07. The highest BCUT2D eigenvalue weighted by Crippen LogP contribution is 2.19. The molecule has 21 heavy (non-hydrogen) atoms.